The van der Waals surface area contributed by atoms with Gasteiger partial charge in [-0.3, -0.25) is 23.4 Å². The number of carbonyl (C=O) groups excluding carboxylic acids is 2. The highest BCUT2D eigenvalue weighted by Crippen LogP contribution is 2.43. The van der Waals surface area contributed by atoms with Crippen molar-refractivity contribution >= 4 is 25.7 Å². The summed E-state index contributed by atoms with van der Waals surface area (Å²) in [5.74, 6) is -2.38. The minimum Gasteiger partial charge on any atom is -0.480 e. The van der Waals surface area contributed by atoms with E-state index >= 15 is 0 Å². The van der Waals surface area contributed by atoms with Crippen molar-refractivity contribution in [2.75, 3.05) is 19.8 Å². The van der Waals surface area contributed by atoms with Crippen LogP contribution in [-0.2, 0) is 37.5 Å². The molecule has 324 valence electrons. The van der Waals surface area contributed by atoms with Gasteiger partial charge in [0.25, 0.3) is 0 Å². The van der Waals surface area contributed by atoms with Crippen molar-refractivity contribution in [2.45, 2.75) is 225 Å². The molecule has 0 radical (unpaired) electrons. The van der Waals surface area contributed by atoms with E-state index in [0.717, 1.165) is 57.8 Å². The lowest BCUT2D eigenvalue weighted by atomic mass is 10.0. The highest BCUT2D eigenvalue weighted by atomic mass is 31.2. The standard InChI is InChI=1S/C43H82NO10P/c1-3-5-7-9-11-13-15-17-19-21-22-24-26-28-30-32-34-41(45)51-36-39(37-52-55(49,50)53-38-40(44)43(47)48)54-42(46)35-33-31-29-27-25-23-20-18-16-14-12-10-8-6-4-2/h18,20,39-40H,3-17,19,21-38,44H2,1-2H3,(H,47,48)(H,49,50)/b20-18-/t39-,40+/m1/s1. The van der Waals surface area contributed by atoms with Crippen LogP contribution in [0.25, 0.3) is 0 Å². The summed E-state index contributed by atoms with van der Waals surface area (Å²) in [6, 6.07) is -1.52. The zero-order valence-electron chi connectivity index (χ0n) is 35.0. The molecule has 55 heavy (non-hydrogen) atoms. The summed E-state index contributed by atoms with van der Waals surface area (Å²) in [6.07, 6.45) is 38.4. The smallest absolute Gasteiger partial charge is 0.472 e. The molecule has 0 amide bonds. The van der Waals surface area contributed by atoms with Gasteiger partial charge in [0.05, 0.1) is 13.2 Å². The molecule has 0 heterocycles. The number of esters is 2. The molecular weight excluding hydrogens is 721 g/mol. The zero-order valence-corrected chi connectivity index (χ0v) is 35.9. The van der Waals surface area contributed by atoms with Gasteiger partial charge >= 0.3 is 25.7 Å². The number of unbranched alkanes of at least 4 members (excludes halogenated alkanes) is 26. The molecule has 0 spiro atoms. The Labute approximate surface area is 335 Å². The van der Waals surface area contributed by atoms with Crippen molar-refractivity contribution in [2.24, 2.45) is 5.73 Å². The van der Waals surface area contributed by atoms with Crippen LogP contribution in [-0.4, -0.2) is 59.9 Å². The Morgan fingerprint density at radius 1 is 0.545 bits per heavy atom. The third-order valence-electron chi connectivity index (χ3n) is 9.76. The van der Waals surface area contributed by atoms with E-state index < -0.39 is 51.1 Å². The van der Waals surface area contributed by atoms with Crippen molar-refractivity contribution < 1.29 is 47.5 Å². The molecule has 12 heteroatoms. The molecule has 0 saturated carbocycles. The van der Waals surface area contributed by atoms with Crippen LogP contribution in [0.5, 0.6) is 0 Å². The van der Waals surface area contributed by atoms with Crippen LogP contribution in [0, 0.1) is 0 Å². The first-order valence-corrected chi connectivity index (χ1v) is 23.7. The second-order valence-corrected chi connectivity index (χ2v) is 16.6. The molecule has 0 aliphatic heterocycles. The quantitative estimate of drug-likeness (QED) is 0.0232. The normalized spacial score (nSPS) is 13.8. The van der Waals surface area contributed by atoms with Gasteiger partial charge in [0, 0.05) is 12.8 Å². The van der Waals surface area contributed by atoms with Crippen LogP contribution in [0.1, 0.15) is 213 Å². The monoisotopic (exact) mass is 804 g/mol. The summed E-state index contributed by atoms with van der Waals surface area (Å²) < 4.78 is 32.7. The molecule has 0 aliphatic rings. The predicted molar refractivity (Wildman–Crippen MR) is 222 cm³/mol. The maximum absolute atomic E-state index is 12.6. The Hall–Kier alpha value is -1.78. The fourth-order valence-electron chi connectivity index (χ4n) is 6.24. The highest BCUT2D eigenvalue weighted by molar-refractivity contribution is 7.47. The summed E-state index contributed by atoms with van der Waals surface area (Å²) in [7, 11) is -4.71. The Balaban J connectivity index is 4.33. The van der Waals surface area contributed by atoms with E-state index in [1.165, 1.54) is 116 Å². The van der Waals surface area contributed by atoms with E-state index in [0.29, 0.717) is 12.8 Å². The molecule has 0 bridgehead atoms. The SMILES string of the molecule is CCCCCCCC/C=C\CCCCCCCC(=O)O[C@H](COC(=O)CCCCCCCCCCCCCCCCCC)COP(=O)(O)OC[C@H](N)C(=O)O. The number of aliphatic carboxylic acids is 1. The highest BCUT2D eigenvalue weighted by Gasteiger charge is 2.28. The number of carbonyl (C=O) groups is 3. The van der Waals surface area contributed by atoms with Gasteiger partial charge in [-0.05, 0) is 38.5 Å². The summed E-state index contributed by atoms with van der Waals surface area (Å²) in [4.78, 5) is 45.9. The van der Waals surface area contributed by atoms with Crippen molar-refractivity contribution in [1.82, 2.24) is 0 Å². The van der Waals surface area contributed by atoms with Crippen molar-refractivity contribution in [1.29, 1.82) is 0 Å². The Morgan fingerprint density at radius 2 is 0.909 bits per heavy atom. The lowest BCUT2D eigenvalue weighted by molar-refractivity contribution is -0.161. The summed E-state index contributed by atoms with van der Waals surface area (Å²) in [5.41, 5.74) is 5.33. The molecule has 3 atom stereocenters. The number of phosphoric ester groups is 1. The first kappa shape index (κ1) is 53.2. The van der Waals surface area contributed by atoms with Crippen LogP contribution in [0.3, 0.4) is 0 Å². The van der Waals surface area contributed by atoms with Crippen molar-refractivity contribution in [3.8, 4) is 0 Å². The molecule has 0 fully saturated rings. The fourth-order valence-corrected chi connectivity index (χ4v) is 7.02. The minimum absolute atomic E-state index is 0.155. The summed E-state index contributed by atoms with van der Waals surface area (Å²) >= 11 is 0. The van der Waals surface area contributed by atoms with E-state index in [1.54, 1.807) is 0 Å². The summed E-state index contributed by atoms with van der Waals surface area (Å²) in [6.45, 7) is 2.81. The number of hydrogen-bond acceptors (Lipinski definition) is 9. The maximum atomic E-state index is 12.6. The molecule has 1 unspecified atom stereocenters. The second-order valence-electron chi connectivity index (χ2n) is 15.2. The van der Waals surface area contributed by atoms with Crippen molar-refractivity contribution in [3.63, 3.8) is 0 Å². The van der Waals surface area contributed by atoms with Crippen molar-refractivity contribution in [3.05, 3.63) is 12.2 Å². The first-order valence-electron chi connectivity index (χ1n) is 22.2. The van der Waals surface area contributed by atoms with E-state index in [1.807, 2.05) is 0 Å². The Kier molecular flexibility index (Phi) is 37.8. The van der Waals surface area contributed by atoms with Crippen LogP contribution in [0.4, 0.5) is 0 Å². The van der Waals surface area contributed by atoms with E-state index in [2.05, 4.69) is 30.5 Å². The Bertz CT molecular complexity index is 995. The molecule has 0 aromatic carbocycles. The molecule has 11 nitrogen and oxygen atoms in total. The van der Waals surface area contributed by atoms with E-state index in [-0.39, 0.29) is 19.4 Å². The maximum Gasteiger partial charge on any atom is 0.472 e. The van der Waals surface area contributed by atoms with Gasteiger partial charge in [0.15, 0.2) is 6.10 Å². The fraction of sp³-hybridized carbons (Fsp3) is 0.884. The van der Waals surface area contributed by atoms with Gasteiger partial charge in [-0.25, -0.2) is 4.57 Å². The number of carboxylic acid groups (broad SMARTS) is 1. The molecule has 0 aromatic rings. The number of hydrogen-bond donors (Lipinski definition) is 3. The molecule has 0 aromatic heterocycles. The topological polar surface area (TPSA) is 172 Å². The van der Waals surface area contributed by atoms with E-state index in [9.17, 15) is 23.8 Å². The van der Waals surface area contributed by atoms with Gasteiger partial charge < -0.3 is 25.2 Å². The van der Waals surface area contributed by atoms with Gasteiger partial charge in [0.1, 0.15) is 12.6 Å². The third kappa shape index (κ3) is 38.9. The Morgan fingerprint density at radius 3 is 1.33 bits per heavy atom. The first-order chi connectivity index (χ1) is 26.6. The van der Waals surface area contributed by atoms with Crippen LogP contribution >= 0.6 is 7.82 Å². The molecular formula is C43H82NO10P. The van der Waals surface area contributed by atoms with Gasteiger partial charge in [-0.1, -0.05) is 174 Å². The third-order valence-corrected chi connectivity index (χ3v) is 10.7. The van der Waals surface area contributed by atoms with E-state index in [4.69, 9.17) is 24.8 Å². The number of nitrogens with two attached hydrogens (primary N) is 1. The average molecular weight is 804 g/mol. The van der Waals surface area contributed by atoms with Gasteiger partial charge in [-0.2, -0.15) is 0 Å². The van der Waals surface area contributed by atoms with Gasteiger partial charge in [0.2, 0.25) is 0 Å². The number of ether oxygens (including phenoxy) is 2. The number of rotatable bonds is 42. The number of phosphoric acid groups is 1. The molecule has 0 aliphatic carbocycles. The second kappa shape index (κ2) is 39.1. The lowest BCUT2D eigenvalue weighted by Crippen LogP contribution is -2.34. The van der Waals surface area contributed by atoms with Crippen LogP contribution in [0.15, 0.2) is 12.2 Å². The largest absolute Gasteiger partial charge is 0.480 e. The predicted octanol–water partition coefficient (Wildman–Crippen LogP) is 11.7. The lowest BCUT2D eigenvalue weighted by Gasteiger charge is -2.20. The molecule has 0 rings (SSSR count). The minimum atomic E-state index is -4.71. The van der Waals surface area contributed by atoms with Crippen LogP contribution < -0.4 is 5.73 Å². The molecule has 0 saturated heterocycles. The molecule has 4 N–H and O–H groups in total. The zero-order chi connectivity index (χ0) is 40.7. The number of carboxylic acids is 1. The average Bonchev–Trinajstić information content (AvgIpc) is 3.16. The number of allylic oxidation sites excluding steroid dienone is 2. The van der Waals surface area contributed by atoms with Gasteiger partial charge in [-0.15, -0.1) is 0 Å². The summed E-state index contributed by atoms with van der Waals surface area (Å²) in [5, 5.41) is 8.89. The van der Waals surface area contributed by atoms with Crippen LogP contribution in [0.2, 0.25) is 0 Å².